The molecule has 2 amide bonds. The van der Waals surface area contributed by atoms with E-state index in [-0.39, 0.29) is 52.0 Å². The Morgan fingerprint density at radius 2 is 1.93 bits per heavy atom. The van der Waals surface area contributed by atoms with Gasteiger partial charge in [0.25, 0.3) is 11.8 Å². The third-order valence-corrected chi connectivity index (χ3v) is 5.64. The van der Waals surface area contributed by atoms with Crippen LogP contribution >= 0.6 is 11.6 Å². The van der Waals surface area contributed by atoms with Crippen molar-refractivity contribution < 1.29 is 29.0 Å². The summed E-state index contributed by atoms with van der Waals surface area (Å²) in [6.07, 6.45) is 6.24. The van der Waals surface area contributed by atoms with E-state index in [1.807, 2.05) is 12.2 Å². The zero-order valence-electron chi connectivity index (χ0n) is 14.9. The molecule has 146 valence electrons. The number of aliphatic carboxylic acids is 1. The van der Waals surface area contributed by atoms with Crippen molar-refractivity contribution >= 4 is 35.6 Å². The molecule has 2 fully saturated rings. The lowest BCUT2D eigenvalue weighted by molar-refractivity contribution is -0.141. The molecule has 1 N–H and O–H groups in total. The molecule has 0 spiro atoms. The zero-order valence-corrected chi connectivity index (χ0v) is 15.6. The molecule has 1 aromatic rings. The minimum atomic E-state index is -1.15. The van der Waals surface area contributed by atoms with Gasteiger partial charge in [0.2, 0.25) is 0 Å². The predicted molar refractivity (Wildman–Crippen MR) is 98.3 cm³/mol. The van der Waals surface area contributed by atoms with E-state index >= 15 is 0 Å². The number of carboxylic acids is 1. The lowest BCUT2D eigenvalue weighted by Crippen LogP contribution is -2.28. The van der Waals surface area contributed by atoms with Crippen molar-refractivity contribution in [1.82, 2.24) is 5.01 Å². The van der Waals surface area contributed by atoms with E-state index in [4.69, 9.17) is 26.2 Å². The molecule has 9 heteroatoms. The van der Waals surface area contributed by atoms with Crippen LogP contribution in [-0.2, 0) is 14.4 Å². The van der Waals surface area contributed by atoms with Crippen LogP contribution < -0.4 is 9.47 Å². The van der Waals surface area contributed by atoms with E-state index in [1.54, 1.807) is 0 Å². The van der Waals surface area contributed by atoms with Gasteiger partial charge < -0.3 is 14.6 Å². The number of allylic oxidation sites excluding steroid dienone is 2. The van der Waals surface area contributed by atoms with Crippen LogP contribution in [0.2, 0.25) is 5.02 Å². The molecule has 1 saturated carbocycles. The molecule has 0 aromatic heterocycles. The van der Waals surface area contributed by atoms with Gasteiger partial charge in [0.1, 0.15) is 0 Å². The lowest BCUT2D eigenvalue weighted by Gasteiger charge is -2.13. The van der Waals surface area contributed by atoms with Crippen molar-refractivity contribution in [3.05, 3.63) is 34.9 Å². The summed E-state index contributed by atoms with van der Waals surface area (Å²) in [5, 5.41) is 13.9. The van der Waals surface area contributed by atoms with Crippen LogP contribution in [0.15, 0.2) is 29.4 Å². The fourth-order valence-corrected chi connectivity index (χ4v) is 4.49. The first-order valence-electron chi connectivity index (χ1n) is 8.73. The molecule has 1 aliphatic heterocycles. The largest absolute Gasteiger partial charge is 0.493 e. The van der Waals surface area contributed by atoms with Crippen LogP contribution in [0.25, 0.3) is 0 Å². The normalized spacial score (nSPS) is 27.7. The summed E-state index contributed by atoms with van der Waals surface area (Å²) in [5.41, 5.74) is 0.475. The Labute approximate surface area is 165 Å². The maximum atomic E-state index is 12.6. The number of hydrazone groups is 1. The molecule has 2 aliphatic carbocycles. The molecule has 1 aromatic carbocycles. The Kier molecular flexibility index (Phi) is 4.58. The van der Waals surface area contributed by atoms with Gasteiger partial charge >= 0.3 is 5.97 Å². The van der Waals surface area contributed by atoms with Gasteiger partial charge in [-0.3, -0.25) is 9.59 Å². The summed E-state index contributed by atoms with van der Waals surface area (Å²) in [6.45, 7) is -0.570. The van der Waals surface area contributed by atoms with E-state index in [0.717, 1.165) is 11.4 Å². The molecule has 1 saturated heterocycles. The molecule has 0 unspecified atom stereocenters. The molecule has 0 radical (unpaired) electrons. The number of carbonyl (C=O) groups excluding carboxylic acids is 2. The number of amides is 2. The van der Waals surface area contributed by atoms with Gasteiger partial charge in [-0.1, -0.05) is 23.8 Å². The van der Waals surface area contributed by atoms with Crippen LogP contribution in [-0.4, -0.2) is 47.8 Å². The Morgan fingerprint density at radius 3 is 2.50 bits per heavy atom. The maximum Gasteiger partial charge on any atom is 0.341 e. The second kappa shape index (κ2) is 6.94. The van der Waals surface area contributed by atoms with E-state index in [1.165, 1.54) is 25.5 Å². The second-order valence-electron chi connectivity index (χ2n) is 6.95. The average molecular weight is 405 g/mol. The van der Waals surface area contributed by atoms with Crippen LogP contribution in [0.1, 0.15) is 12.0 Å². The van der Waals surface area contributed by atoms with E-state index < -0.39 is 12.6 Å². The van der Waals surface area contributed by atoms with Crippen LogP contribution in [0.3, 0.4) is 0 Å². The molecular formula is C19H17ClN2O6. The quantitative estimate of drug-likeness (QED) is 0.441. The number of nitrogens with zero attached hydrogens (tertiary/aromatic N) is 2. The molecule has 3 aliphatic rings. The van der Waals surface area contributed by atoms with E-state index in [2.05, 4.69) is 5.10 Å². The minimum Gasteiger partial charge on any atom is -0.493 e. The first-order valence-corrected chi connectivity index (χ1v) is 9.10. The van der Waals surface area contributed by atoms with Gasteiger partial charge in [0.05, 0.1) is 30.2 Å². The zero-order chi connectivity index (χ0) is 20.0. The summed E-state index contributed by atoms with van der Waals surface area (Å²) in [7, 11) is 1.39. The molecular weight excluding hydrogens is 388 g/mol. The highest BCUT2D eigenvalue weighted by molar-refractivity contribution is 6.32. The van der Waals surface area contributed by atoms with E-state index in [9.17, 15) is 14.4 Å². The molecule has 28 heavy (non-hydrogen) atoms. The molecule has 4 rings (SSSR count). The highest BCUT2D eigenvalue weighted by Gasteiger charge is 2.59. The number of methoxy groups -OCH3 is 1. The Balaban J connectivity index is 1.55. The highest BCUT2D eigenvalue weighted by atomic mass is 35.5. The topological polar surface area (TPSA) is 106 Å². The number of fused-ring (bicyclic) bond motifs is 5. The third kappa shape index (κ3) is 2.93. The monoisotopic (exact) mass is 404 g/mol. The summed E-state index contributed by atoms with van der Waals surface area (Å²) in [5.74, 6) is -1.79. The van der Waals surface area contributed by atoms with Crippen LogP contribution in [0, 0.1) is 23.7 Å². The number of hydrogen-bond acceptors (Lipinski definition) is 6. The SMILES string of the molecule is COc1cc(/C=N\N2C(=O)[C@@H]3[C@@H](C2=O)[C@H]2C=C[C@H]3C2)cc(Cl)c1OCC(=O)O. The van der Waals surface area contributed by atoms with Crippen LogP contribution in [0.5, 0.6) is 11.5 Å². The van der Waals surface area contributed by atoms with Crippen molar-refractivity contribution in [3.8, 4) is 11.5 Å². The number of halogens is 1. The Hall–Kier alpha value is -2.87. The van der Waals surface area contributed by atoms with Gasteiger partial charge in [-0.15, -0.1) is 0 Å². The summed E-state index contributed by atoms with van der Waals surface area (Å²) in [6, 6.07) is 3.02. The number of ether oxygens (including phenoxy) is 2. The standard InChI is InChI=1S/C19H17ClN2O6/c1-27-13-5-9(4-12(20)17(13)28-8-14(23)24)7-21-22-18(25)15-10-2-3-11(6-10)16(15)19(22)26/h2-5,7,10-11,15-16H,6,8H2,1H3,(H,23,24)/b21-7-/t10-,11-,15-,16-/m0/s1. The van der Waals surface area contributed by atoms with Crippen molar-refractivity contribution in [2.45, 2.75) is 6.42 Å². The minimum absolute atomic E-state index is 0.0919. The Bertz CT molecular complexity index is 897. The van der Waals surface area contributed by atoms with Crippen molar-refractivity contribution in [2.24, 2.45) is 28.8 Å². The Morgan fingerprint density at radius 1 is 1.29 bits per heavy atom. The molecule has 4 atom stereocenters. The van der Waals surface area contributed by atoms with Crippen molar-refractivity contribution in [3.63, 3.8) is 0 Å². The summed E-state index contributed by atoms with van der Waals surface area (Å²) < 4.78 is 10.3. The fourth-order valence-electron chi connectivity index (χ4n) is 4.21. The van der Waals surface area contributed by atoms with Crippen LogP contribution in [0.4, 0.5) is 0 Å². The number of hydrogen-bond donors (Lipinski definition) is 1. The van der Waals surface area contributed by atoms with Gasteiger partial charge in [-0.25, -0.2) is 4.79 Å². The number of carboxylic acid groups (broad SMARTS) is 1. The number of imide groups is 1. The number of carbonyl (C=O) groups is 3. The van der Waals surface area contributed by atoms with Crippen molar-refractivity contribution in [1.29, 1.82) is 0 Å². The fraction of sp³-hybridized carbons (Fsp3) is 0.368. The molecule has 8 nitrogen and oxygen atoms in total. The highest BCUT2D eigenvalue weighted by Crippen LogP contribution is 2.52. The number of rotatable bonds is 6. The molecule has 2 bridgehead atoms. The third-order valence-electron chi connectivity index (χ3n) is 5.36. The molecule has 1 heterocycles. The summed E-state index contributed by atoms with van der Waals surface area (Å²) >= 11 is 6.16. The van der Waals surface area contributed by atoms with Gasteiger partial charge in [0.15, 0.2) is 18.1 Å². The van der Waals surface area contributed by atoms with Gasteiger partial charge in [-0.2, -0.15) is 10.1 Å². The number of benzene rings is 1. The second-order valence-corrected chi connectivity index (χ2v) is 7.36. The smallest absolute Gasteiger partial charge is 0.341 e. The van der Waals surface area contributed by atoms with Gasteiger partial charge in [0, 0.05) is 0 Å². The summed E-state index contributed by atoms with van der Waals surface area (Å²) in [4.78, 5) is 36.0. The van der Waals surface area contributed by atoms with E-state index in [0.29, 0.717) is 5.56 Å². The van der Waals surface area contributed by atoms with Gasteiger partial charge in [-0.05, 0) is 36.0 Å². The average Bonchev–Trinajstić information content (AvgIpc) is 3.33. The first-order chi connectivity index (χ1) is 13.4. The maximum absolute atomic E-state index is 12.6. The predicted octanol–water partition coefficient (Wildman–Crippen LogP) is 1.95. The lowest BCUT2D eigenvalue weighted by atomic mass is 9.85. The van der Waals surface area contributed by atoms with Crippen molar-refractivity contribution in [2.75, 3.05) is 13.7 Å². The first kappa shape index (κ1) is 18.5.